The molecule has 1 atom stereocenters. The molecule has 0 bridgehead atoms. The molecule has 17 heavy (non-hydrogen) atoms. The molecule has 0 saturated carbocycles. The van der Waals surface area contributed by atoms with Crippen molar-refractivity contribution in [2.45, 2.75) is 45.6 Å². The van der Waals surface area contributed by atoms with Crippen LogP contribution in [0.4, 0.5) is 0 Å². The van der Waals surface area contributed by atoms with Gasteiger partial charge in [-0.15, -0.1) is 0 Å². The summed E-state index contributed by atoms with van der Waals surface area (Å²) in [5.41, 5.74) is 3.01. The van der Waals surface area contributed by atoms with Crippen LogP contribution in [-0.4, -0.2) is 6.54 Å². The lowest BCUT2D eigenvalue weighted by Crippen LogP contribution is -2.25. The summed E-state index contributed by atoms with van der Waals surface area (Å²) in [4.78, 5) is 0. The van der Waals surface area contributed by atoms with Gasteiger partial charge in [-0.1, -0.05) is 54.8 Å². The third-order valence-electron chi connectivity index (χ3n) is 4.02. The molecule has 2 heteroatoms. The summed E-state index contributed by atoms with van der Waals surface area (Å²) in [5, 5.41) is 3.75. The van der Waals surface area contributed by atoms with Gasteiger partial charge in [0, 0.05) is 10.5 Å². The molecule has 0 amide bonds. The second-order valence-corrected chi connectivity index (χ2v) is 5.84. The van der Waals surface area contributed by atoms with E-state index in [0.29, 0.717) is 6.04 Å². The van der Waals surface area contributed by atoms with Gasteiger partial charge in [-0.2, -0.15) is 0 Å². The molecule has 0 fully saturated rings. The van der Waals surface area contributed by atoms with Gasteiger partial charge < -0.3 is 5.32 Å². The quantitative estimate of drug-likeness (QED) is 0.845. The zero-order valence-corrected chi connectivity index (χ0v) is 12.4. The minimum Gasteiger partial charge on any atom is -0.310 e. The minimum atomic E-state index is 0.572. The predicted octanol–water partition coefficient (Wildman–Crippen LogP) is 4.46. The fourth-order valence-corrected chi connectivity index (χ4v) is 3.29. The lowest BCUT2D eigenvalue weighted by Gasteiger charge is -2.19. The van der Waals surface area contributed by atoms with Crippen molar-refractivity contribution >= 4 is 15.9 Å². The van der Waals surface area contributed by atoms with Crippen molar-refractivity contribution in [3.8, 4) is 0 Å². The van der Waals surface area contributed by atoms with E-state index in [2.05, 4.69) is 53.3 Å². The van der Waals surface area contributed by atoms with Crippen molar-refractivity contribution in [2.24, 2.45) is 5.92 Å². The van der Waals surface area contributed by atoms with Crippen molar-refractivity contribution < 1.29 is 0 Å². The molecule has 2 rings (SSSR count). The van der Waals surface area contributed by atoms with E-state index in [1.165, 1.54) is 41.3 Å². The van der Waals surface area contributed by atoms with Gasteiger partial charge in [0.15, 0.2) is 0 Å². The third-order valence-corrected chi connectivity index (χ3v) is 4.76. The van der Waals surface area contributed by atoms with E-state index in [1.54, 1.807) is 0 Å². The molecule has 1 aromatic carbocycles. The lowest BCUT2D eigenvalue weighted by atomic mass is 10.0. The molecule has 0 aromatic heterocycles. The third kappa shape index (κ3) is 2.92. The van der Waals surface area contributed by atoms with Crippen molar-refractivity contribution in [1.29, 1.82) is 0 Å². The Hall–Kier alpha value is -0.340. The summed E-state index contributed by atoms with van der Waals surface area (Å²) in [6.45, 7) is 5.73. The lowest BCUT2D eigenvalue weighted by molar-refractivity contribution is 0.410. The van der Waals surface area contributed by atoms with Gasteiger partial charge in [0.1, 0.15) is 0 Å². The van der Waals surface area contributed by atoms with Gasteiger partial charge >= 0.3 is 0 Å². The molecular weight excluding hydrogens is 274 g/mol. The summed E-state index contributed by atoms with van der Waals surface area (Å²) < 4.78 is 1.28. The molecular formula is C15H22BrN. The van der Waals surface area contributed by atoms with Crippen LogP contribution in [0.5, 0.6) is 0 Å². The van der Waals surface area contributed by atoms with Gasteiger partial charge in [-0.05, 0) is 42.5 Å². The number of rotatable bonds is 5. The first kappa shape index (κ1) is 13.1. The van der Waals surface area contributed by atoms with Crippen LogP contribution < -0.4 is 5.32 Å². The molecule has 94 valence electrons. The highest BCUT2D eigenvalue weighted by Gasteiger charge is 2.23. The maximum absolute atomic E-state index is 3.75. The smallest absolute Gasteiger partial charge is 0.0326 e. The van der Waals surface area contributed by atoms with Crippen LogP contribution in [0.1, 0.15) is 50.3 Å². The van der Waals surface area contributed by atoms with Crippen molar-refractivity contribution in [1.82, 2.24) is 5.32 Å². The minimum absolute atomic E-state index is 0.572. The topological polar surface area (TPSA) is 12.0 Å². The molecule has 1 nitrogen and oxygen atoms in total. The Morgan fingerprint density at radius 1 is 1.35 bits per heavy atom. The van der Waals surface area contributed by atoms with Crippen LogP contribution in [0, 0.1) is 5.92 Å². The molecule has 1 aliphatic rings. The van der Waals surface area contributed by atoms with Gasteiger partial charge in [0.25, 0.3) is 0 Å². The van der Waals surface area contributed by atoms with Crippen molar-refractivity contribution in [3.05, 3.63) is 33.8 Å². The normalized spacial score (nSPS) is 18.7. The Labute approximate surface area is 113 Å². The van der Waals surface area contributed by atoms with Crippen LogP contribution >= 0.6 is 15.9 Å². The molecule has 1 aromatic rings. The molecule has 0 aliphatic heterocycles. The highest BCUT2D eigenvalue weighted by Crippen LogP contribution is 2.35. The Morgan fingerprint density at radius 2 is 2.12 bits per heavy atom. The van der Waals surface area contributed by atoms with E-state index in [-0.39, 0.29) is 0 Å². The zero-order chi connectivity index (χ0) is 12.3. The average Bonchev–Trinajstić information content (AvgIpc) is 2.75. The Morgan fingerprint density at radius 3 is 2.82 bits per heavy atom. The molecule has 1 aliphatic carbocycles. The second-order valence-electron chi connectivity index (χ2n) is 4.99. The number of hydrogen-bond donors (Lipinski definition) is 1. The first-order valence-electron chi connectivity index (χ1n) is 6.76. The van der Waals surface area contributed by atoms with Crippen LogP contribution in [0.25, 0.3) is 0 Å². The molecule has 0 spiro atoms. The van der Waals surface area contributed by atoms with Crippen LogP contribution in [0.2, 0.25) is 0 Å². The summed E-state index contributed by atoms with van der Waals surface area (Å²) in [7, 11) is 0. The maximum Gasteiger partial charge on any atom is 0.0326 e. The first-order valence-corrected chi connectivity index (χ1v) is 7.56. The largest absolute Gasteiger partial charge is 0.310 e. The second kappa shape index (κ2) is 6.01. The van der Waals surface area contributed by atoms with E-state index in [4.69, 9.17) is 0 Å². The number of benzene rings is 1. The van der Waals surface area contributed by atoms with Crippen LogP contribution in [-0.2, 0) is 6.42 Å². The number of halogens is 1. The average molecular weight is 296 g/mol. The highest BCUT2D eigenvalue weighted by atomic mass is 79.9. The van der Waals surface area contributed by atoms with Crippen LogP contribution in [0.3, 0.4) is 0 Å². The molecule has 1 N–H and O–H groups in total. The van der Waals surface area contributed by atoms with Crippen molar-refractivity contribution in [2.75, 3.05) is 6.54 Å². The molecule has 0 radical (unpaired) electrons. The van der Waals surface area contributed by atoms with E-state index < -0.39 is 0 Å². The van der Waals surface area contributed by atoms with Gasteiger partial charge in [-0.25, -0.2) is 0 Å². The Kier molecular flexibility index (Phi) is 4.63. The van der Waals surface area contributed by atoms with Gasteiger partial charge in [-0.3, -0.25) is 0 Å². The van der Waals surface area contributed by atoms with E-state index in [9.17, 15) is 0 Å². The van der Waals surface area contributed by atoms with Gasteiger partial charge in [0.2, 0.25) is 0 Å². The molecule has 0 heterocycles. The number of hydrogen-bond acceptors (Lipinski definition) is 1. The summed E-state index contributed by atoms with van der Waals surface area (Å²) >= 11 is 3.65. The summed E-state index contributed by atoms with van der Waals surface area (Å²) in [5.74, 6) is 0.825. The number of nitrogens with one attached hydrogen (secondary N) is 1. The van der Waals surface area contributed by atoms with E-state index in [0.717, 1.165) is 12.5 Å². The van der Waals surface area contributed by atoms with Crippen molar-refractivity contribution in [3.63, 3.8) is 0 Å². The Balaban J connectivity index is 2.00. The van der Waals surface area contributed by atoms with E-state index in [1.807, 2.05) is 0 Å². The van der Waals surface area contributed by atoms with Gasteiger partial charge in [0.05, 0.1) is 0 Å². The Bertz CT molecular complexity index is 371. The van der Waals surface area contributed by atoms with E-state index >= 15 is 0 Å². The molecule has 0 saturated heterocycles. The number of fused-ring (bicyclic) bond motifs is 1. The molecule has 1 unspecified atom stereocenters. The summed E-state index contributed by atoms with van der Waals surface area (Å²) in [6, 6.07) is 7.16. The van der Waals surface area contributed by atoms with Crippen LogP contribution in [0.15, 0.2) is 22.7 Å². The maximum atomic E-state index is 3.75. The monoisotopic (exact) mass is 295 g/mol. The highest BCUT2D eigenvalue weighted by molar-refractivity contribution is 9.10. The standard InChI is InChI=1S/C15H22BrN/c1-3-11(4-2)10-17-15-9-8-12-13(15)6-5-7-14(12)16/h5-7,11,15,17H,3-4,8-10H2,1-2H3. The predicted molar refractivity (Wildman–Crippen MR) is 77.3 cm³/mol. The SMILES string of the molecule is CCC(CC)CNC1CCc2c(Br)cccc21. The first-order chi connectivity index (χ1) is 8.26. The fourth-order valence-electron chi connectivity index (χ4n) is 2.71. The fraction of sp³-hybridized carbons (Fsp3) is 0.600. The summed E-state index contributed by atoms with van der Waals surface area (Å²) in [6.07, 6.45) is 5.01. The zero-order valence-electron chi connectivity index (χ0n) is 10.8.